The highest BCUT2D eigenvalue weighted by Crippen LogP contribution is 2.27. The SMILES string of the molecule is Cc1ccc(Cl)cc1NC(=O)/C(C#N)=C/c1cc(Cl)ccc1OCc1cccc([N+](=O)[O-])c1. The molecule has 0 bridgehead atoms. The minimum Gasteiger partial charge on any atom is -0.488 e. The third-order valence-corrected chi connectivity index (χ3v) is 5.07. The molecule has 0 aliphatic heterocycles. The van der Waals surface area contributed by atoms with Crippen LogP contribution in [0.5, 0.6) is 5.75 Å². The summed E-state index contributed by atoms with van der Waals surface area (Å²) in [5, 5.41) is 24.1. The molecule has 0 aliphatic carbocycles. The number of nitro groups is 1. The second-order valence-corrected chi connectivity index (χ2v) is 7.85. The maximum atomic E-state index is 12.7. The second-order valence-electron chi connectivity index (χ2n) is 6.98. The number of halogens is 2. The molecule has 3 aromatic rings. The van der Waals surface area contributed by atoms with Gasteiger partial charge in [-0.15, -0.1) is 0 Å². The molecule has 0 fully saturated rings. The number of non-ortho nitro benzene ring substituents is 1. The number of benzene rings is 3. The van der Waals surface area contributed by atoms with Crippen molar-refractivity contribution in [3.05, 3.63) is 103 Å². The van der Waals surface area contributed by atoms with E-state index in [-0.39, 0.29) is 17.9 Å². The van der Waals surface area contributed by atoms with Crippen molar-refractivity contribution < 1.29 is 14.5 Å². The van der Waals surface area contributed by atoms with Crippen molar-refractivity contribution >= 4 is 46.6 Å². The number of nitrogens with zero attached hydrogens (tertiary/aromatic N) is 2. The molecular weight excluding hydrogens is 465 g/mol. The van der Waals surface area contributed by atoms with Crippen molar-refractivity contribution in [3.8, 4) is 11.8 Å². The maximum Gasteiger partial charge on any atom is 0.269 e. The van der Waals surface area contributed by atoms with Crippen molar-refractivity contribution in [1.82, 2.24) is 0 Å². The van der Waals surface area contributed by atoms with E-state index < -0.39 is 10.8 Å². The molecule has 1 N–H and O–H groups in total. The average molecular weight is 482 g/mol. The Morgan fingerprint density at radius 2 is 1.88 bits per heavy atom. The van der Waals surface area contributed by atoms with Crippen LogP contribution in [0.2, 0.25) is 10.0 Å². The number of amides is 1. The van der Waals surface area contributed by atoms with Crippen molar-refractivity contribution in [1.29, 1.82) is 5.26 Å². The van der Waals surface area contributed by atoms with Crippen molar-refractivity contribution in [2.24, 2.45) is 0 Å². The van der Waals surface area contributed by atoms with E-state index in [2.05, 4.69) is 5.32 Å². The lowest BCUT2D eigenvalue weighted by molar-refractivity contribution is -0.384. The Labute approximate surface area is 200 Å². The monoisotopic (exact) mass is 481 g/mol. The molecule has 3 rings (SSSR count). The molecule has 0 spiro atoms. The first-order valence-electron chi connectivity index (χ1n) is 9.62. The van der Waals surface area contributed by atoms with Gasteiger partial charge in [0.1, 0.15) is 24.0 Å². The molecule has 0 aromatic heterocycles. The molecule has 0 atom stereocenters. The van der Waals surface area contributed by atoms with Gasteiger partial charge in [-0.1, -0.05) is 41.4 Å². The number of nitrogens with one attached hydrogen (secondary N) is 1. The number of hydrogen-bond donors (Lipinski definition) is 1. The molecule has 3 aromatic carbocycles. The fourth-order valence-corrected chi connectivity index (χ4v) is 3.26. The number of anilines is 1. The molecule has 0 saturated carbocycles. The van der Waals surface area contributed by atoms with Gasteiger partial charge in [0, 0.05) is 33.4 Å². The van der Waals surface area contributed by atoms with E-state index in [4.69, 9.17) is 27.9 Å². The molecule has 9 heteroatoms. The van der Waals surface area contributed by atoms with Gasteiger partial charge in [-0.25, -0.2) is 0 Å². The van der Waals surface area contributed by atoms with Crippen LogP contribution in [-0.4, -0.2) is 10.8 Å². The zero-order valence-corrected chi connectivity index (χ0v) is 18.9. The highest BCUT2D eigenvalue weighted by atomic mass is 35.5. The number of rotatable bonds is 7. The van der Waals surface area contributed by atoms with E-state index in [0.717, 1.165) is 5.56 Å². The molecule has 0 heterocycles. The average Bonchev–Trinajstić information content (AvgIpc) is 2.79. The van der Waals surface area contributed by atoms with Gasteiger partial charge in [-0.05, 0) is 54.5 Å². The lowest BCUT2D eigenvalue weighted by Crippen LogP contribution is -2.14. The van der Waals surface area contributed by atoms with Crippen molar-refractivity contribution in [3.63, 3.8) is 0 Å². The minimum atomic E-state index is -0.618. The summed E-state index contributed by atoms with van der Waals surface area (Å²) in [5.41, 5.74) is 2.05. The molecule has 0 aliphatic rings. The number of ether oxygens (including phenoxy) is 1. The van der Waals surface area contributed by atoms with Crippen LogP contribution < -0.4 is 10.1 Å². The normalized spacial score (nSPS) is 10.9. The number of hydrogen-bond acceptors (Lipinski definition) is 5. The van der Waals surface area contributed by atoms with Gasteiger partial charge in [-0.3, -0.25) is 14.9 Å². The smallest absolute Gasteiger partial charge is 0.269 e. The van der Waals surface area contributed by atoms with E-state index in [1.165, 1.54) is 18.2 Å². The molecule has 166 valence electrons. The molecule has 0 radical (unpaired) electrons. The van der Waals surface area contributed by atoms with Crippen LogP contribution in [-0.2, 0) is 11.4 Å². The predicted octanol–water partition coefficient (Wildman–Crippen LogP) is 6.33. The fourth-order valence-electron chi connectivity index (χ4n) is 2.91. The number of nitro benzene ring substituents is 1. The van der Waals surface area contributed by atoms with Crippen LogP contribution in [0.4, 0.5) is 11.4 Å². The summed E-state index contributed by atoms with van der Waals surface area (Å²) in [7, 11) is 0. The van der Waals surface area contributed by atoms with Gasteiger partial charge in [0.15, 0.2) is 0 Å². The summed E-state index contributed by atoms with van der Waals surface area (Å²) >= 11 is 12.1. The van der Waals surface area contributed by atoms with Gasteiger partial charge in [-0.2, -0.15) is 5.26 Å². The van der Waals surface area contributed by atoms with Crippen LogP contribution in [0.1, 0.15) is 16.7 Å². The van der Waals surface area contributed by atoms with Crippen molar-refractivity contribution in [2.45, 2.75) is 13.5 Å². The lowest BCUT2D eigenvalue weighted by Gasteiger charge is -2.11. The lowest BCUT2D eigenvalue weighted by atomic mass is 10.1. The summed E-state index contributed by atoms with van der Waals surface area (Å²) in [6.07, 6.45) is 1.36. The first kappa shape index (κ1) is 23.8. The van der Waals surface area contributed by atoms with Crippen LogP contribution in [0.3, 0.4) is 0 Å². The van der Waals surface area contributed by atoms with E-state index in [1.54, 1.807) is 55.5 Å². The highest BCUT2D eigenvalue weighted by molar-refractivity contribution is 6.31. The van der Waals surface area contributed by atoms with Gasteiger partial charge in [0.25, 0.3) is 11.6 Å². The van der Waals surface area contributed by atoms with Gasteiger partial charge >= 0.3 is 0 Å². The largest absolute Gasteiger partial charge is 0.488 e. The molecule has 33 heavy (non-hydrogen) atoms. The van der Waals surface area contributed by atoms with Crippen LogP contribution in [0.15, 0.2) is 66.2 Å². The summed E-state index contributed by atoms with van der Waals surface area (Å²) in [6.45, 7) is 1.85. The zero-order chi connectivity index (χ0) is 24.0. The third-order valence-electron chi connectivity index (χ3n) is 4.60. The Balaban J connectivity index is 1.85. The third kappa shape index (κ3) is 6.32. The van der Waals surface area contributed by atoms with Crippen LogP contribution in [0.25, 0.3) is 6.08 Å². The Bertz CT molecular complexity index is 1300. The van der Waals surface area contributed by atoms with Gasteiger partial charge < -0.3 is 10.1 Å². The zero-order valence-electron chi connectivity index (χ0n) is 17.3. The molecular formula is C24H17Cl2N3O4. The summed E-state index contributed by atoms with van der Waals surface area (Å²) in [6, 6.07) is 17.7. The standard InChI is InChI=1S/C24H17Cl2N3O4/c1-15-5-6-20(26)12-22(15)28-24(30)18(13-27)10-17-11-19(25)7-8-23(17)33-14-16-3-2-4-21(9-16)29(31)32/h2-12H,14H2,1H3,(H,28,30)/b18-10+. The van der Waals surface area contributed by atoms with Gasteiger partial charge in [0.05, 0.1) is 4.92 Å². The number of carbonyl (C=O) groups excluding carboxylic acids is 1. The van der Waals surface area contributed by atoms with Crippen LogP contribution in [0, 0.1) is 28.4 Å². The molecule has 7 nitrogen and oxygen atoms in total. The second kappa shape index (κ2) is 10.6. The Hall–Kier alpha value is -3.86. The highest BCUT2D eigenvalue weighted by Gasteiger charge is 2.14. The van der Waals surface area contributed by atoms with E-state index in [9.17, 15) is 20.2 Å². The molecule has 1 amide bonds. The van der Waals surface area contributed by atoms with E-state index in [0.29, 0.717) is 32.6 Å². The number of aryl methyl sites for hydroxylation is 1. The van der Waals surface area contributed by atoms with E-state index >= 15 is 0 Å². The quantitative estimate of drug-likeness (QED) is 0.183. The number of nitriles is 1. The summed E-state index contributed by atoms with van der Waals surface area (Å²) in [4.78, 5) is 23.2. The first-order chi connectivity index (χ1) is 15.8. The van der Waals surface area contributed by atoms with Crippen LogP contribution >= 0.6 is 23.2 Å². The summed E-state index contributed by atoms with van der Waals surface area (Å²) < 4.78 is 5.81. The van der Waals surface area contributed by atoms with Crippen molar-refractivity contribution in [2.75, 3.05) is 5.32 Å². The Morgan fingerprint density at radius 1 is 1.15 bits per heavy atom. The van der Waals surface area contributed by atoms with E-state index in [1.807, 2.05) is 6.07 Å². The minimum absolute atomic E-state index is 0.0416. The fraction of sp³-hybridized carbons (Fsp3) is 0.0833. The topological polar surface area (TPSA) is 105 Å². The summed E-state index contributed by atoms with van der Waals surface area (Å²) in [5.74, 6) is -0.266. The molecule has 0 saturated heterocycles. The number of carbonyl (C=O) groups is 1. The predicted molar refractivity (Wildman–Crippen MR) is 127 cm³/mol. The Kier molecular flexibility index (Phi) is 7.67. The molecule has 0 unspecified atom stereocenters. The maximum absolute atomic E-state index is 12.7. The van der Waals surface area contributed by atoms with Gasteiger partial charge in [0.2, 0.25) is 0 Å². The Morgan fingerprint density at radius 3 is 2.61 bits per heavy atom. The first-order valence-corrected chi connectivity index (χ1v) is 10.4.